The third kappa shape index (κ3) is 6.61. The fourth-order valence-corrected chi connectivity index (χ4v) is 10.2. The van der Waals surface area contributed by atoms with Gasteiger partial charge in [-0.1, -0.05) is 46.1 Å². The van der Waals surface area contributed by atoms with Crippen LogP contribution in [-0.4, -0.2) is 68.4 Å². The standard InChI is InChI=1S/C31H49N3O5S2/c1-8-34(31(5,6)7)41(37,38)29-15-14-26(20-27(29)23(2)3)28-21-30(40(35,36)32-16-18-39-19-17-32)24(4)33(28)22-25-12-10-9-11-13-25/h14-15,20-21,23,25H,8-13,16-19,22H2,1-7H3. The fraction of sp³-hybridized carbons (Fsp3) is 0.677. The van der Waals surface area contributed by atoms with Crippen molar-refractivity contribution in [3.8, 4) is 11.3 Å². The molecule has 2 aliphatic rings. The number of sulfonamides is 2. The zero-order chi connectivity index (χ0) is 30.2. The summed E-state index contributed by atoms with van der Waals surface area (Å²) in [4.78, 5) is 0.647. The molecule has 4 rings (SSSR count). The van der Waals surface area contributed by atoms with Gasteiger partial charge < -0.3 is 9.30 Å². The van der Waals surface area contributed by atoms with Crippen LogP contribution >= 0.6 is 0 Å². The molecule has 0 spiro atoms. The molecule has 1 aliphatic carbocycles. The molecule has 41 heavy (non-hydrogen) atoms. The molecule has 1 aromatic heterocycles. The van der Waals surface area contributed by atoms with E-state index in [0.717, 1.165) is 41.9 Å². The van der Waals surface area contributed by atoms with Gasteiger partial charge in [-0.25, -0.2) is 16.8 Å². The van der Waals surface area contributed by atoms with Crippen LogP contribution in [0.1, 0.15) is 90.8 Å². The van der Waals surface area contributed by atoms with Crippen molar-refractivity contribution in [1.82, 2.24) is 13.2 Å². The first-order chi connectivity index (χ1) is 19.2. The van der Waals surface area contributed by atoms with Gasteiger partial charge in [0.25, 0.3) is 0 Å². The van der Waals surface area contributed by atoms with E-state index in [1.165, 1.54) is 23.6 Å². The monoisotopic (exact) mass is 607 g/mol. The molecule has 2 fully saturated rings. The zero-order valence-corrected chi connectivity index (χ0v) is 27.6. The first-order valence-corrected chi connectivity index (χ1v) is 18.0. The number of nitrogens with zero attached hydrogens (tertiary/aromatic N) is 3. The van der Waals surface area contributed by atoms with E-state index in [-0.39, 0.29) is 5.92 Å². The summed E-state index contributed by atoms with van der Waals surface area (Å²) in [7, 11) is -7.45. The maximum Gasteiger partial charge on any atom is 0.245 e. The number of aromatic nitrogens is 1. The van der Waals surface area contributed by atoms with Crippen LogP contribution in [0.15, 0.2) is 34.1 Å². The molecule has 8 nitrogen and oxygen atoms in total. The van der Waals surface area contributed by atoms with Gasteiger partial charge in [-0.15, -0.1) is 0 Å². The van der Waals surface area contributed by atoms with E-state index in [0.29, 0.717) is 48.6 Å². The summed E-state index contributed by atoms with van der Waals surface area (Å²) in [5.41, 5.74) is 2.59. The average Bonchev–Trinajstić information content (AvgIpc) is 3.25. The van der Waals surface area contributed by atoms with Crippen LogP contribution in [0, 0.1) is 12.8 Å². The van der Waals surface area contributed by atoms with E-state index < -0.39 is 25.6 Å². The van der Waals surface area contributed by atoms with Crippen molar-refractivity contribution >= 4 is 20.0 Å². The molecule has 1 aliphatic heterocycles. The van der Waals surface area contributed by atoms with Crippen molar-refractivity contribution in [1.29, 1.82) is 0 Å². The largest absolute Gasteiger partial charge is 0.379 e. The lowest BCUT2D eigenvalue weighted by atomic mass is 9.89. The van der Waals surface area contributed by atoms with Crippen LogP contribution < -0.4 is 0 Å². The molecule has 2 aromatic rings. The lowest BCUT2D eigenvalue weighted by molar-refractivity contribution is 0.0730. The van der Waals surface area contributed by atoms with Gasteiger partial charge in [-0.05, 0) is 81.7 Å². The third-order valence-corrected chi connectivity index (χ3v) is 12.9. The van der Waals surface area contributed by atoms with E-state index in [9.17, 15) is 16.8 Å². The summed E-state index contributed by atoms with van der Waals surface area (Å²) < 4.78 is 66.1. The van der Waals surface area contributed by atoms with Gasteiger partial charge in [0.1, 0.15) is 4.90 Å². The summed E-state index contributed by atoms with van der Waals surface area (Å²) in [5, 5.41) is 0. The quantitative estimate of drug-likeness (QED) is 0.349. The third-order valence-electron chi connectivity index (χ3n) is 8.60. The van der Waals surface area contributed by atoms with Crippen LogP contribution in [0.25, 0.3) is 11.3 Å². The molecule has 230 valence electrons. The summed E-state index contributed by atoms with van der Waals surface area (Å²) in [6.07, 6.45) is 5.92. The number of hydrogen-bond acceptors (Lipinski definition) is 5. The second-order valence-electron chi connectivity index (χ2n) is 12.9. The lowest BCUT2D eigenvalue weighted by Gasteiger charge is -2.34. The Morgan fingerprint density at radius 1 is 0.976 bits per heavy atom. The molecule has 0 atom stereocenters. The van der Waals surface area contributed by atoms with E-state index in [4.69, 9.17) is 4.74 Å². The number of ether oxygens (including phenoxy) is 1. The molecule has 2 heterocycles. The zero-order valence-electron chi connectivity index (χ0n) is 25.9. The topological polar surface area (TPSA) is 88.9 Å². The minimum Gasteiger partial charge on any atom is -0.379 e. The van der Waals surface area contributed by atoms with Gasteiger partial charge in [0.2, 0.25) is 20.0 Å². The molecular formula is C31H49N3O5S2. The minimum absolute atomic E-state index is 0.0437. The minimum atomic E-state index is -3.74. The molecule has 1 saturated carbocycles. The summed E-state index contributed by atoms with van der Waals surface area (Å²) >= 11 is 0. The van der Waals surface area contributed by atoms with Gasteiger partial charge >= 0.3 is 0 Å². The highest BCUT2D eigenvalue weighted by molar-refractivity contribution is 7.89. The van der Waals surface area contributed by atoms with Crippen molar-refractivity contribution in [2.45, 2.75) is 108 Å². The fourth-order valence-electron chi connectivity index (χ4n) is 6.43. The molecule has 1 saturated heterocycles. The van der Waals surface area contributed by atoms with E-state index in [2.05, 4.69) is 4.57 Å². The summed E-state index contributed by atoms with van der Waals surface area (Å²) in [6, 6.07) is 7.35. The van der Waals surface area contributed by atoms with Crippen LogP contribution in [0.2, 0.25) is 0 Å². The molecule has 0 unspecified atom stereocenters. The number of benzene rings is 1. The van der Waals surface area contributed by atoms with Crippen LogP contribution in [0.4, 0.5) is 0 Å². The van der Waals surface area contributed by atoms with Gasteiger partial charge in [0, 0.05) is 43.1 Å². The number of morpholine rings is 1. The highest BCUT2D eigenvalue weighted by atomic mass is 32.2. The molecule has 0 radical (unpaired) electrons. The Morgan fingerprint density at radius 2 is 1.61 bits per heavy atom. The van der Waals surface area contributed by atoms with Gasteiger partial charge in [0.15, 0.2) is 0 Å². The summed E-state index contributed by atoms with van der Waals surface area (Å²) in [6.45, 7) is 16.1. The molecule has 0 amide bonds. The highest BCUT2D eigenvalue weighted by Gasteiger charge is 2.35. The number of hydrogen-bond donors (Lipinski definition) is 0. The van der Waals surface area contributed by atoms with Crippen LogP contribution in [0.5, 0.6) is 0 Å². The first kappa shape index (κ1) is 32.2. The number of rotatable bonds is 9. The Morgan fingerprint density at radius 3 is 2.17 bits per heavy atom. The van der Waals surface area contributed by atoms with E-state index in [1.807, 2.05) is 66.7 Å². The van der Waals surface area contributed by atoms with Crippen molar-refractivity contribution in [2.24, 2.45) is 5.92 Å². The Bertz CT molecular complexity index is 1430. The second kappa shape index (κ2) is 12.5. The smallest absolute Gasteiger partial charge is 0.245 e. The SMILES string of the molecule is CCN(C(C)(C)C)S(=O)(=O)c1ccc(-c2cc(S(=O)(=O)N3CCOCC3)c(C)n2CC2CCCCC2)cc1C(C)C. The van der Waals surface area contributed by atoms with E-state index >= 15 is 0 Å². The van der Waals surface area contributed by atoms with Crippen molar-refractivity contribution in [3.05, 3.63) is 35.5 Å². The molecule has 0 N–H and O–H groups in total. The highest BCUT2D eigenvalue weighted by Crippen LogP contribution is 2.37. The van der Waals surface area contributed by atoms with Crippen LogP contribution in [-0.2, 0) is 31.3 Å². The second-order valence-corrected chi connectivity index (χ2v) is 16.6. The maximum absolute atomic E-state index is 13.9. The Labute approximate surface area is 248 Å². The lowest BCUT2D eigenvalue weighted by Crippen LogP contribution is -2.45. The molecule has 1 aromatic carbocycles. The molecule has 10 heteroatoms. The Balaban J connectivity index is 1.86. The first-order valence-electron chi connectivity index (χ1n) is 15.1. The predicted octanol–water partition coefficient (Wildman–Crippen LogP) is 6.00. The average molecular weight is 608 g/mol. The van der Waals surface area contributed by atoms with Gasteiger partial charge in [0.05, 0.1) is 18.1 Å². The summed E-state index contributed by atoms with van der Waals surface area (Å²) in [5.74, 6) is 0.444. The Kier molecular flexibility index (Phi) is 9.80. The molecular weight excluding hydrogens is 558 g/mol. The van der Waals surface area contributed by atoms with Gasteiger partial charge in [-0.3, -0.25) is 0 Å². The van der Waals surface area contributed by atoms with Crippen LogP contribution in [0.3, 0.4) is 0 Å². The van der Waals surface area contributed by atoms with E-state index in [1.54, 1.807) is 10.4 Å². The van der Waals surface area contributed by atoms with Crippen molar-refractivity contribution in [3.63, 3.8) is 0 Å². The molecule has 0 bridgehead atoms. The maximum atomic E-state index is 13.9. The van der Waals surface area contributed by atoms with Crippen molar-refractivity contribution < 1.29 is 21.6 Å². The Hall–Kier alpha value is -1.72. The predicted molar refractivity (Wildman–Crippen MR) is 164 cm³/mol. The normalized spacial score (nSPS) is 18.5. The van der Waals surface area contributed by atoms with Crippen molar-refractivity contribution in [2.75, 3.05) is 32.8 Å². The van der Waals surface area contributed by atoms with Gasteiger partial charge in [-0.2, -0.15) is 8.61 Å².